The second-order valence-corrected chi connectivity index (χ2v) is 5.07. The lowest BCUT2D eigenvalue weighted by Crippen LogP contribution is -2.37. The zero-order valence-electron chi connectivity index (χ0n) is 9.66. The topological polar surface area (TPSA) is 58.2 Å². The molecule has 16 heavy (non-hydrogen) atoms. The number of hydrogen-bond donors (Lipinski definition) is 2. The van der Waals surface area contributed by atoms with Crippen molar-refractivity contribution in [1.82, 2.24) is 10.6 Å². The fourth-order valence-corrected chi connectivity index (χ4v) is 2.21. The van der Waals surface area contributed by atoms with E-state index in [-0.39, 0.29) is 23.8 Å². The maximum Gasteiger partial charge on any atom is 0.243 e. The summed E-state index contributed by atoms with van der Waals surface area (Å²) in [5.41, 5.74) is 0. The summed E-state index contributed by atoms with van der Waals surface area (Å²) in [7, 11) is 0. The molecule has 0 aromatic heterocycles. The molecule has 0 aromatic rings. The van der Waals surface area contributed by atoms with E-state index in [1.54, 1.807) is 17.8 Å². The lowest BCUT2D eigenvalue weighted by Gasteiger charge is -2.16. The van der Waals surface area contributed by atoms with E-state index < -0.39 is 0 Å². The number of hydrogen-bond acceptors (Lipinski definition) is 3. The number of amides is 2. The molecule has 0 aromatic carbocycles. The SMILES string of the molecule is C[C@H]1/C=C/C(=O)NCCSC[C@H](C)C(=O)N1. The van der Waals surface area contributed by atoms with Crippen molar-refractivity contribution in [3.05, 3.63) is 12.2 Å². The van der Waals surface area contributed by atoms with Crippen LogP contribution in [0.5, 0.6) is 0 Å². The summed E-state index contributed by atoms with van der Waals surface area (Å²) in [6, 6.07) is -0.106. The van der Waals surface area contributed by atoms with Crippen LogP contribution in [0.3, 0.4) is 0 Å². The molecule has 1 heterocycles. The van der Waals surface area contributed by atoms with Crippen LogP contribution in [0.2, 0.25) is 0 Å². The summed E-state index contributed by atoms with van der Waals surface area (Å²) in [6.45, 7) is 4.42. The first-order chi connectivity index (χ1) is 7.59. The van der Waals surface area contributed by atoms with Crippen molar-refractivity contribution in [2.75, 3.05) is 18.1 Å². The van der Waals surface area contributed by atoms with Crippen molar-refractivity contribution in [2.45, 2.75) is 19.9 Å². The van der Waals surface area contributed by atoms with Crippen molar-refractivity contribution >= 4 is 23.6 Å². The molecule has 0 aliphatic carbocycles. The van der Waals surface area contributed by atoms with E-state index in [1.807, 2.05) is 13.8 Å². The van der Waals surface area contributed by atoms with Gasteiger partial charge in [-0.1, -0.05) is 13.0 Å². The third-order valence-corrected chi connectivity index (χ3v) is 3.50. The first-order valence-corrected chi connectivity index (χ1v) is 6.59. The van der Waals surface area contributed by atoms with Crippen LogP contribution in [0.25, 0.3) is 0 Å². The van der Waals surface area contributed by atoms with E-state index in [9.17, 15) is 9.59 Å². The van der Waals surface area contributed by atoms with Crippen LogP contribution in [-0.2, 0) is 9.59 Å². The Kier molecular flexibility index (Phi) is 5.38. The molecule has 1 rings (SSSR count). The summed E-state index contributed by atoms with van der Waals surface area (Å²) >= 11 is 1.68. The van der Waals surface area contributed by atoms with Crippen LogP contribution >= 0.6 is 11.8 Å². The van der Waals surface area contributed by atoms with E-state index in [4.69, 9.17) is 0 Å². The normalized spacial score (nSPS) is 30.6. The zero-order valence-corrected chi connectivity index (χ0v) is 10.5. The molecule has 0 saturated heterocycles. The van der Waals surface area contributed by atoms with Gasteiger partial charge in [0.1, 0.15) is 0 Å². The van der Waals surface area contributed by atoms with Crippen LogP contribution in [-0.4, -0.2) is 35.9 Å². The minimum Gasteiger partial charge on any atom is -0.352 e. The number of carbonyl (C=O) groups is 2. The number of thioether (sulfide) groups is 1. The Bertz CT molecular complexity index is 292. The quantitative estimate of drug-likeness (QED) is 0.652. The van der Waals surface area contributed by atoms with Gasteiger partial charge in [0.15, 0.2) is 0 Å². The summed E-state index contributed by atoms with van der Waals surface area (Å²) in [5.74, 6) is 1.59. The Morgan fingerprint density at radius 3 is 2.88 bits per heavy atom. The van der Waals surface area contributed by atoms with Crippen LogP contribution in [0.1, 0.15) is 13.8 Å². The molecule has 0 radical (unpaired) electrons. The Hall–Kier alpha value is -0.970. The highest BCUT2D eigenvalue weighted by atomic mass is 32.2. The summed E-state index contributed by atoms with van der Waals surface area (Å²) in [4.78, 5) is 22.9. The first kappa shape index (κ1) is 13.1. The van der Waals surface area contributed by atoms with Gasteiger partial charge >= 0.3 is 0 Å². The van der Waals surface area contributed by atoms with Gasteiger partial charge in [-0.15, -0.1) is 0 Å². The highest BCUT2D eigenvalue weighted by Crippen LogP contribution is 2.08. The lowest BCUT2D eigenvalue weighted by atomic mass is 10.2. The number of carbonyl (C=O) groups excluding carboxylic acids is 2. The maximum absolute atomic E-state index is 11.7. The predicted molar refractivity (Wildman–Crippen MR) is 66.2 cm³/mol. The second kappa shape index (κ2) is 6.58. The van der Waals surface area contributed by atoms with Gasteiger partial charge in [-0.2, -0.15) is 11.8 Å². The number of nitrogens with one attached hydrogen (secondary N) is 2. The third-order valence-electron chi connectivity index (χ3n) is 2.27. The molecule has 0 fully saturated rings. The van der Waals surface area contributed by atoms with Crippen LogP contribution < -0.4 is 10.6 Å². The molecule has 2 atom stereocenters. The van der Waals surface area contributed by atoms with E-state index in [1.165, 1.54) is 6.08 Å². The van der Waals surface area contributed by atoms with Gasteiger partial charge in [-0.05, 0) is 6.92 Å². The van der Waals surface area contributed by atoms with Gasteiger partial charge < -0.3 is 10.6 Å². The van der Waals surface area contributed by atoms with Gasteiger partial charge in [0.25, 0.3) is 0 Å². The Labute approximate surface area is 100 Å². The molecule has 4 nitrogen and oxygen atoms in total. The standard InChI is InChI=1S/C11H18N2O2S/c1-8-7-16-6-5-12-10(14)4-3-9(2)13-11(8)15/h3-4,8-9H,5-7H2,1-2H3,(H,12,14)(H,13,15)/b4-3+/t8-,9-/m0/s1. The first-order valence-electron chi connectivity index (χ1n) is 5.43. The summed E-state index contributed by atoms with van der Waals surface area (Å²) in [6.07, 6.45) is 3.18. The molecule has 2 N–H and O–H groups in total. The molecule has 0 bridgehead atoms. The van der Waals surface area contributed by atoms with Crippen molar-refractivity contribution in [3.8, 4) is 0 Å². The van der Waals surface area contributed by atoms with E-state index in [0.717, 1.165) is 11.5 Å². The van der Waals surface area contributed by atoms with Crippen molar-refractivity contribution in [1.29, 1.82) is 0 Å². The van der Waals surface area contributed by atoms with Gasteiger partial charge in [-0.3, -0.25) is 9.59 Å². The monoisotopic (exact) mass is 242 g/mol. The van der Waals surface area contributed by atoms with E-state index >= 15 is 0 Å². The van der Waals surface area contributed by atoms with Crippen LogP contribution in [0.15, 0.2) is 12.2 Å². The van der Waals surface area contributed by atoms with Crippen molar-refractivity contribution in [2.24, 2.45) is 5.92 Å². The van der Waals surface area contributed by atoms with E-state index in [2.05, 4.69) is 10.6 Å². The lowest BCUT2D eigenvalue weighted by molar-refractivity contribution is -0.124. The smallest absolute Gasteiger partial charge is 0.243 e. The average molecular weight is 242 g/mol. The molecular formula is C11H18N2O2S. The molecule has 2 amide bonds. The summed E-state index contributed by atoms with van der Waals surface area (Å²) in [5, 5.41) is 5.64. The Morgan fingerprint density at radius 1 is 1.38 bits per heavy atom. The third kappa shape index (κ3) is 4.70. The fourth-order valence-electron chi connectivity index (χ4n) is 1.29. The molecule has 5 heteroatoms. The zero-order chi connectivity index (χ0) is 12.0. The minimum atomic E-state index is -0.106. The second-order valence-electron chi connectivity index (χ2n) is 3.92. The average Bonchev–Trinajstić information content (AvgIpc) is 2.24. The molecule has 0 spiro atoms. The fraction of sp³-hybridized carbons (Fsp3) is 0.636. The van der Waals surface area contributed by atoms with Crippen molar-refractivity contribution < 1.29 is 9.59 Å². The van der Waals surface area contributed by atoms with Gasteiger partial charge in [-0.25, -0.2) is 0 Å². The molecule has 1 aliphatic heterocycles. The van der Waals surface area contributed by atoms with E-state index in [0.29, 0.717) is 6.54 Å². The van der Waals surface area contributed by atoms with Gasteiger partial charge in [0.05, 0.1) is 0 Å². The molecule has 1 aliphatic rings. The molecule has 90 valence electrons. The highest BCUT2D eigenvalue weighted by molar-refractivity contribution is 7.99. The van der Waals surface area contributed by atoms with Crippen molar-refractivity contribution in [3.63, 3.8) is 0 Å². The molecular weight excluding hydrogens is 224 g/mol. The molecule has 0 unspecified atom stereocenters. The molecule has 0 saturated carbocycles. The van der Waals surface area contributed by atoms with Crippen LogP contribution in [0, 0.1) is 5.92 Å². The van der Waals surface area contributed by atoms with Gasteiger partial charge in [0.2, 0.25) is 11.8 Å². The predicted octanol–water partition coefficient (Wildman–Crippen LogP) is 0.546. The Morgan fingerprint density at radius 2 is 2.12 bits per heavy atom. The van der Waals surface area contributed by atoms with Gasteiger partial charge in [0, 0.05) is 36.1 Å². The maximum atomic E-state index is 11.7. The minimum absolute atomic E-state index is 0.0102. The largest absolute Gasteiger partial charge is 0.352 e. The number of rotatable bonds is 0. The highest BCUT2D eigenvalue weighted by Gasteiger charge is 2.14. The summed E-state index contributed by atoms with van der Waals surface area (Å²) < 4.78 is 0. The van der Waals surface area contributed by atoms with Crippen LogP contribution in [0.4, 0.5) is 0 Å². The Balaban J connectivity index is 2.61.